The molecule has 5 nitrogen and oxygen atoms in total. The molecule has 0 aromatic heterocycles. The zero-order valence-electron chi connectivity index (χ0n) is 17.6. The number of guanidine groups is 1. The first-order chi connectivity index (χ1) is 13.8. The molecule has 0 aliphatic carbocycles. The molecule has 1 heterocycles. The van der Waals surface area contributed by atoms with Gasteiger partial charge in [-0.1, -0.05) is 24.3 Å². The molecule has 1 aromatic rings. The molecular weight excluding hydrogens is 381 g/mol. The molecule has 0 bridgehead atoms. The number of halogens is 3. The fourth-order valence-electron chi connectivity index (χ4n) is 3.35. The zero-order chi connectivity index (χ0) is 21.3. The molecule has 1 fully saturated rings. The molecule has 1 aliphatic heterocycles. The van der Waals surface area contributed by atoms with Crippen molar-refractivity contribution in [2.24, 2.45) is 4.99 Å². The Labute approximate surface area is 171 Å². The molecular formula is C21H33F3N4O. The Balaban J connectivity index is 1.88. The van der Waals surface area contributed by atoms with Crippen LogP contribution in [0.25, 0.3) is 0 Å². The van der Waals surface area contributed by atoms with Crippen molar-refractivity contribution in [3.8, 4) is 0 Å². The molecule has 2 rings (SSSR count). The van der Waals surface area contributed by atoms with Crippen molar-refractivity contribution in [3.05, 3.63) is 35.4 Å². The van der Waals surface area contributed by atoms with Gasteiger partial charge in [-0.05, 0) is 44.7 Å². The van der Waals surface area contributed by atoms with E-state index < -0.39 is 12.8 Å². The first-order valence-electron chi connectivity index (χ1n) is 10.3. The fourth-order valence-corrected chi connectivity index (χ4v) is 3.35. The summed E-state index contributed by atoms with van der Waals surface area (Å²) in [6, 6.07) is 8.30. The van der Waals surface area contributed by atoms with Crippen molar-refractivity contribution >= 4 is 5.96 Å². The summed E-state index contributed by atoms with van der Waals surface area (Å²) in [7, 11) is 0. The molecule has 0 atom stereocenters. The number of likely N-dealkylation sites (tertiary alicyclic amines) is 1. The highest BCUT2D eigenvalue weighted by atomic mass is 19.4. The van der Waals surface area contributed by atoms with Crippen LogP contribution in [0.3, 0.4) is 0 Å². The van der Waals surface area contributed by atoms with E-state index in [2.05, 4.69) is 34.4 Å². The largest absolute Gasteiger partial charge is 0.411 e. The molecule has 2 N–H and O–H groups in total. The molecule has 0 unspecified atom stereocenters. The number of nitrogens with one attached hydrogen (secondary N) is 2. The number of piperidine rings is 1. The Kier molecular flexibility index (Phi) is 9.23. The van der Waals surface area contributed by atoms with Crippen LogP contribution in [0.2, 0.25) is 0 Å². The lowest BCUT2D eigenvalue weighted by atomic mass is 10.0. The van der Waals surface area contributed by atoms with Crippen molar-refractivity contribution in [1.29, 1.82) is 0 Å². The van der Waals surface area contributed by atoms with E-state index in [0.717, 1.165) is 44.0 Å². The van der Waals surface area contributed by atoms with Gasteiger partial charge in [-0.25, -0.2) is 4.99 Å². The minimum atomic E-state index is -4.31. The third kappa shape index (κ3) is 9.04. The van der Waals surface area contributed by atoms with E-state index in [4.69, 9.17) is 4.74 Å². The summed E-state index contributed by atoms with van der Waals surface area (Å²) in [6.07, 6.45) is -2.15. The normalized spacial score (nSPS) is 17.0. The van der Waals surface area contributed by atoms with Crippen molar-refractivity contribution in [3.63, 3.8) is 0 Å². The van der Waals surface area contributed by atoms with E-state index in [1.54, 1.807) is 6.07 Å². The smallest absolute Gasteiger partial charge is 0.367 e. The highest BCUT2D eigenvalue weighted by molar-refractivity contribution is 5.80. The average molecular weight is 415 g/mol. The number of nitrogens with zero attached hydrogens (tertiary/aromatic N) is 2. The highest BCUT2D eigenvalue weighted by Gasteiger charge is 2.27. The molecule has 1 saturated heterocycles. The van der Waals surface area contributed by atoms with E-state index >= 15 is 0 Å². The first kappa shape index (κ1) is 23.5. The van der Waals surface area contributed by atoms with Crippen LogP contribution in [0.1, 0.15) is 44.7 Å². The van der Waals surface area contributed by atoms with E-state index in [1.807, 2.05) is 25.1 Å². The number of hydrogen-bond donors (Lipinski definition) is 2. The van der Waals surface area contributed by atoms with Gasteiger partial charge in [-0.15, -0.1) is 0 Å². The molecule has 1 aromatic carbocycles. The van der Waals surface area contributed by atoms with Gasteiger partial charge < -0.3 is 20.3 Å². The number of alkyl halides is 3. The minimum Gasteiger partial charge on any atom is -0.367 e. The summed E-state index contributed by atoms with van der Waals surface area (Å²) in [5.41, 5.74) is 1.64. The molecule has 0 saturated carbocycles. The number of ether oxygens (including phenoxy) is 1. The SMILES string of the molecule is CCNC(=NCc1cccc(COCC(F)(F)F)c1)NC1CCN(C(C)C)CC1. The maximum absolute atomic E-state index is 12.2. The van der Waals surface area contributed by atoms with E-state index in [9.17, 15) is 13.2 Å². The van der Waals surface area contributed by atoms with Crippen molar-refractivity contribution in [2.75, 3.05) is 26.2 Å². The van der Waals surface area contributed by atoms with Crippen LogP contribution in [0.15, 0.2) is 29.3 Å². The number of benzene rings is 1. The number of hydrogen-bond acceptors (Lipinski definition) is 3. The van der Waals surface area contributed by atoms with Gasteiger partial charge >= 0.3 is 6.18 Å². The lowest BCUT2D eigenvalue weighted by Crippen LogP contribution is -2.49. The first-order valence-corrected chi connectivity index (χ1v) is 10.3. The van der Waals surface area contributed by atoms with Crippen molar-refractivity contribution in [1.82, 2.24) is 15.5 Å². The third-order valence-corrected chi connectivity index (χ3v) is 4.89. The third-order valence-electron chi connectivity index (χ3n) is 4.89. The molecule has 1 aliphatic rings. The van der Waals surface area contributed by atoms with Gasteiger partial charge in [0.05, 0.1) is 13.2 Å². The quantitative estimate of drug-likeness (QED) is 0.503. The van der Waals surface area contributed by atoms with Crippen molar-refractivity contribution < 1.29 is 17.9 Å². The standard InChI is InChI=1S/C21H33F3N4O/c1-4-25-20(27-19-8-10-28(11-9-19)16(2)3)26-13-17-6-5-7-18(12-17)14-29-15-21(22,23)24/h5-7,12,16,19H,4,8-11,13-15H2,1-3H3,(H2,25,26,27). The Morgan fingerprint density at radius 3 is 2.55 bits per heavy atom. The topological polar surface area (TPSA) is 48.9 Å². The maximum atomic E-state index is 12.2. The highest BCUT2D eigenvalue weighted by Crippen LogP contribution is 2.16. The zero-order valence-corrected chi connectivity index (χ0v) is 17.6. The second-order valence-electron chi connectivity index (χ2n) is 7.67. The Bertz CT molecular complexity index is 641. The molecule has 0 amide bonds. The van der Waals surface area contributed by atoms with Gasteiger partial charge in [0.2, 0.25) is 0 Å². The summed E-state index contributed by atoms with van der Waals surface area (Å²) in [6.45, 7) is 8.54. The summed E-state index contributed by atoms with van der Waals surface area (Å²) < 4.78 is 41.4. The molecule has 29 heavy (non-hydrogen) atoms. The predicted octanol–water partition coefficient (Wildman–Crippen LogP) is 3.69. The van der Waals surface area contributed by atoms with Gasteiger partial charge in [-0.2, -0.15) is 13.2 Å². The van der Waals surface area contributed by atoms with E-state index in [1.165, 1.54) is 0 Å². The van der Waals surface area contributed by atoms with Gasteiger partial charge in [0, 0.05) is 31.7 Å². The fraction of sp³-hybridized carbons (Fsp3) is 0.667. The molecule has 0 radical (unpaired) electrons. The number of aliphatic imine (C=N–C) groups is 1. The van der Waals surface area contributed by atoms with Crippen LogP contribution in [-0.4, -0.2) is 55.4 Å². The van der Waals surface area contributed by atoms with Crippen LogP contribution in [0.4, 0.5) is 13.2 Å². The number of rotatable bonds is 8. The summed E-state index contributed by atoms with van der Waals surface area (Å²) in [5, 5.41) is 6.79. The van der Waals surface area contributed by atoms with Crippen LogP contribution >= 0.6 is 0 Å². The van der Waals surface area contributed by atoms with Gasteiger partial charge in [-0.3, -0.25) is 0 Å². The molecule has 8 heteroatoms. The summed E-state index contributed by atoms with van der Waals surface area (Å²) in [5.74, 6) is 0.772. The minimum absolute atomic E-state index is 0.0657. The second kappa shape index (κ2) is 11.4. The summed E-state index contributed by atoms with van der Waals surface area (Å²) in [4.78, 5) is 7.13. The Morgan fingerprint density at radius 2 is 1.93 bits per heavy atom. The van der Waals surface area contributed by atoms with Crippen molar-refractivity contribution in [2.45, 2.75) is 65.0 Å². The summed E-state index contributed by atoms with van der Waals surface area (Å²) >= 11 is 0. The van der Waals surface area contributed by atoms with Gasteiger partial charge in [0.1, 0.15) is 6.61 Å². The van der Waals surface area contributed by atoms with Crippen LogP contribution in [0.5, 0.6) is 0 Å². The lowest BCUT2D eigenvalue weighted by Gasteiger charge is -2.35. The Morgan fingerprint density at radius 1 is 1.24 bits per heavy atom. The predicted molar refractivity (Wildman–Crippen MR) is 110 cm³/mol. The maximum Gasteiger partial charge on any atom is 0.411 e. The molecule has 0 spiro atoms. The van der Waals surface area contributed by atoms with Gasteiger partial charge in [0.25, 0.3) is 0 Å². The lowest BCUT2D eigenvalue weighted by molar-refractivity contribution is -0.176. The van der Waals surface area contributed by atoms with Gasteiger partial charge in [0.15, 0.2) is 5.96 Å². The van der Waals surface area contributed by atoms with Crippen LogP contribution < -0.4 is 10.6 Å². The van der Waals surface area contributed by atoms with E-state index in [0.29, 0.717) is 24.2 Å². The second-order valence-corrected chi connectivity index (χ2v) is 7.67. The van der Waals surface area contributed by atoms with Crippen LogP contribution in [-0.2, 0) is 17.9 Å². The van der Waals surface area contributed by atoms with Crippen LogP contribution in [0, 0.1) is 0 Å². The molecule has 164 valence electrons. The average Bonchev–Trinajstić information content (AvgIpc) is 2.66. The monoisotopic (exact) mass is 414 g/mol. The Hall–Kier alpha value is -1.80. The van der Waals surface area contributed by atoms with E-state index in [-0.39, 0.29) is 6.61 Å².